The molecule has 0 unspecified atom stereocenters. The Kier molecular flexibility index (Phi) is 12.7. The molecule has 0 spiro atoms. The molecule has 2 aliphatic carbocycles. The Bertz CT molecular complexity index is 1370. The van der Waals surface area contributed by atoms with E-state index in [9.17, 15) is 0 Å². The average Bonchev–Trinajstić information content (AvgIpc) is 3.07. The first kappa shape index (κ1) is 33.5. The highest BCUT2D eigenvalue weighted by atomic mass is 14.3. The van der Waals surface area contributed by atoms with Crippen LogP contribution in [0, 0.1) is 25.7 Å². The minimum atomic E-state index is 0. The lowest BCUT2D eigenvalue weighted by Crippen LogP contribution is -2.13. The molecule has 44 heavy (non-hydrogen) atoms. The number of rotatable bonds is 7. The maximum Gasteiger partial charge on any atom is -0.0162 e. The van der Waals surface area contributed by atoms with Crippen LogP contribution in [0.5, 0.6) is 0 Å². The highest BCUT2D eigenvalue weighted by molar-refractivity contribution is 5.65. The van der Waals surface area contributed by atoms with Gasteiger partial charge in [0.1, 0.15) is 0 Å². The summed E-state index contributed by atoms with van der Waals surface area (Å²) in [6.45, 7) is 10.5. The molecule has 0 nitrogen and oxygen atoms in total. The molecule has 0 saturated heterocycles. The van der Waals surface area contributed by atoms with Crippen LogP contribution in [0.3, 0.4) is 0 Å². The van der Waals surface area contributed by atoms with Crippen LogP contribution < -0.4 is 0 Å². The fraction of sp³-hybridized carbons (Fsp3) is 0.409. The van der Waals surface area contributed by atoms with Crippen LogP contribution in [0.1, 0.15) is 113 Å². The minimum absolute atomic E-state index is 0. The molecule has 0 bridgehead atoms. The van der Waals surface area contributed by atoms with Crippen LogP contribution >= 0.6 is 0 Å². The van der Waals surface area contributed by atoms with Crippen molar-refractivity contribution in [3.05, 3.63) is 132 Å². The van der Waals surface area contributed by atoms with E-state index in [2.05, 4.69) is 130 Å². The zero-order chi connectivity index (χ0) is 30.0. The third-order valence-corrected chi connectivity index (χ3v) is 10.2. The summed E-state index contributed by atoms with van der Waals surface area (Å²) >= 11 is 0. The van der Waals surface area contributed by atoms with Gasteiger partial charge in [0.2, 0.25) is 0 Å². The van der Waals surface area contributed by atoms with Crippen molar-refractivity contribution in [1.82, 2.24) is 0 Å². The van der Waals surface area contributed by atoms with Crippen LogP contribution in [-0.4, -0.2) is 0 Å². The summed E-state index contributed by atoms with van der Waals surface area (Å²) in [5, 5.41) is 0. The number of aryl methyl sites for hydroxylation is 2. The number of hydrogen-bond acceptors (Lipinski definition) is 0. The lowest BCUT2D eigenvalue weighted by atomic mass is 9.77. The van der Waals surface area contributed by atoms with E-state index in [-0.39, 0.29) is 7.43 Å². The average molecular weight is 585 g/mol. The van der Waals surface area contributed by atoms with Crippen molar-refractivity contribution in [3.8, 4) is 22.3 Å². The molecule has 2 saturated carbocycles. The van der Waals surface area contributed by atoms with Gasteiger partial charge >= 0.3 is 0 Å². The largest absolute Gasteiger partial charge is 0.103 e. The van der Waals surface area contributed by atoms with Crippen LogP contribution in [0.4, 0.5) is 0 Å². The first-order chi connectivity index (χ1) is 21.0. The van der Waals surface area contributed by atoms with E-state index in [0.717, 1.165) is 23.7 Å². The lowest BCUT2D eigenvalue weighted by molar-refractivity contribution is 0.308. The molecular weight excluding hydrogens is 528 g/mol. The quantitative estimate of drug-likeness (QED) is 0.190. The van der Waals surface area contributed by atoms with Crippen LogP contribution in [0.25, 0.3) is 22.3 Å². The van der Waals surface area contributed by atoms with E-state index in [1.165, 1.54) is 103 Å². The Hall–Kier alpha value is -3.38. The van der Waals surface area contributed by atoms with Crippen molar-refractivity contribution in [1.29, 1.82) is 0 Å². The maximum atomic E-state index is 3.93. The summed E-state index contributed by atoms with van der Waals surface area (Å²) in [6, 6.07) is 36.1. The van der Waals surface area contributed by atoms with Gasteiger partial charge in [0.25, 0.3) is 0 Å². The Morgan fingerprint density at radius 1 is 0.523 bits per heavy atom. The van der Waals surface area contributed by atoms with Gasteiger partial charge in [-0.3, -0.25) is 0 Å². The molecule has 0 N–H and O–H groups in total. The van der Waals surface area contributed by atoms with Crippen molar-refractivity contribution in [3.63, 3.8) is 0 Å². The van der Waals surface area contributed by atoms with Crippen molar-refractivity contribution < 1.29 is 0 Å². The Morgan fingerprint density at radius 3 is 1.20 bits per heavy atom. The zero-order valence-corrected chi connectivity index (χ0v) is 26.9. The van der Waals surface area contributed by atoms with E-state index in [1.54, 1.807) is 5.56 Å². The molecule has 4 aromatic carbocycles. The van der Waals surface area contributed by atoms with Gasteiger partial charge in [-0.2, -0.15) is 0 Å². The molecule has 0 aliphatic heterocycles. The van der Waals surface area contributed by atoms with E-state index in [1.807, 2.05) is 0 Å². The summed E-state index contributed by atoms with van der Waals surface area (Å²) < 4.78 is 0. The fourth-order valence-electron chi connectivity index (χ4n) is 7.27. The van der Waals surface area contributed by atoms with Gasteiger partial charge in [-0.05, 0) is 122 Å². The second kappa shape index (κ2) is 16.6. The predicted octanol–water partition coefficient (Wildman–Crippen LogP) is 13.5. The van der Waals surface area contributed by atoms with Gasteiger partial charge in [0.15, 0.2) is 0 Å². The third-order valence-electron chi connectivity index (χ3n) is 10.2. The summed E-state index contributed by atoms with van der Waals surface area (Å²) in [5.41, 5.74) is 11.0. The second-order valence-electron chi connectivity index (χ2n) is 13.3. The van der Waals surface area contributed by atoms with E-state index in [4.69, 9.17) is 0 Å². The number of benzene rings is 4. The van der Waals surface area contributed by atoms with Gasteiger partial charge in [-0.25, -0.2) is 0 Å². The van der Waals surface area contributed by atoms with Gasteiger partial charge in [0, 0.05) is 0 Å². The summed E-state index contributed by atoms with van der Waals surface area (Å²) in [6.07, 6.45) is 15.7. The molecule has 0 heterocycles. The van der Waals surface area contributed by atoms with Gasteiger partial charge in [-0.1, -0.05) is 141 Å². The van der Waals surface area contributed by atoms with Crippen LogP contribution in [-0.2, 0) is 0 Å². The SMILES string of the molecule is C.C=CC1CCC(c2ccc(-c3ccc(C)cc3)cc2)CC1.CCCC1CCC(c2ccc(-c3ccc(C)cc3)cc2)CC1. The normalized spacial score (nSPS) is 21.3. The summed E-state index contributed by atoms with van der Waals surface area (Å²) in [5.74, 6) is 3.27. The Labute approximate surface area is 269 Å². The highest BCUT2D eigenvalue weighted by Crippen LogP contribution is 2.38. The minimum Gasteiger partial charge on any atom is -0.103 e. The molecule has 0 heteroatoms. The smallest absolute Gasteiger partial charge is 0.0162 e. The molecule has 2 aliphatic rings. The molecule has 2 fully saturated rings. The third kappa shape index (κ3) is 9.07. The van der Waals surface area contributed by atoms with Crippen molar-refractivity contribution in [2.24, 2.45) is 11.8 Å². The number of allylic oxidation sites excluding steroid dienone is 1. The van der Waals surface area contributed by atoms with Crippen LogP contribution in [0.2, 0.25) is 0 Å². The summed E-state index contributed by atoms with van der Waals surface area (Å²) in [7, 11) is 0. The van der Waals surface area contributed by atoms with Crippen LogP contribution in [0.15, 0.2) is 110 Å². The zero-order valence-electron chi connectivity index (χ0n) is 26.9. The van der Waals surface area contributed by atoms with E-state index in [0.29, 0.717) is 0 Å². The Morgan fingerprint density at radius 2 is 0.864 bits per heavy atom. The molecule has 6 rings (SSSR count). The van der Waals surface area contributed by atoms with E-state index >= 15 is 0 Å². The predicted molar refractivity (Wildman–Crippen MR) is 194 cm³/mol. The fourth-order valence-corrected chi connectivity index (χ4v) is 7.27. The van der Waals surface area contributed by atoms with Crippen molar-refractivity contribution >= 4 is 0 Å². The molecule has 0 radical (unpaired) electrons. The van der Waals surface area contributed by atoms with Crippen molar-refractivity contribution in [2.45, 2.75) is 104 Å². The molecule has 0 atom stereocenters. The topological polar surface area (TPSA) is 0 Å². The van der Waals surface area contributed by atoms with Gasteiger partial charge in [0.05, 0.1) is 0 Å². The second-order valence-corrected chi connectivity index (χ2v) is 13.3. The van der Waals surface area contributed by atoms with Gasteiger partial charge < -0.3 is 0 Å². The first-order valence-electron chi connectivity index (χ1n) is 17.0. The Balaban J connectivity index is 0.000000197. The summed E-state index contributed by atoms with van der Waals surface area (Å²) in [4.78, 5) is 0. The monoisotopic (exact) mass is 584 g/mol. The van der Waals surface area contributed by atoms with Gasteiger partial charge in [-0.15, -0.1) is 6.58 Å². The highest BCUT2D eigenvalue weighted by Gasteiger charge is 2.22. The molecule has 4 aromatic rings. The lowest BCUT2D eigenvalue weighted by Gasteiger charge is -2.28. The standard InChI is InChI=1S/C22H28.C21H24.CH4/c1-3-4-18-7-11-20(12-8-18)22-15-13-21(14-16-22)19-9-5-17(2)6-10-19;1-3-17-6-10-19(11-7-17)21-14-12-20(13-15-21)18-8-4-16(2)5-9-18;/h5-6,9-10,13-16,18,20H,3-4,7-8,11-12H2,1-2H3;3-5,8-9,12-15,17,19H,1,6-7,10-11H2,2H3;1H4. The number of hydrogen-bond donors (Lipinski definition) is 0. The molecule has 0 amide bonds. The molecular formula is C44H56. The van der Waals surface area contributed by atoms with E-state index < -0.39 is 0 Å². The molecule has 0 aromatic heterocycles. The van der Waals surface area contributed by atoms with Crippen molar-refractivity contribution in [2.75, 3.05) is 0 Å². The molecule has 232 valence electrons. The maximum absolute atomic E-state index is 3.93. The first-order valence-corrected chi connectivity index (χ1v) is 17.0.